The van der Waals surface area contributed by atoms with Gasteiger partial charge in [-0.15, -0.1) is 0 Å². The van der Waals surface area contributed by atoms with Crippen molar-refractivity contribution in [2.75, 3.05) is 6.54 Å². The molecular formula is C12H23N. The third-order valence-corrected chi connectivity index (χ3v) is 4.04. The van der Waals surface area contributed by atoms with Crippen molar-refractivity contribution in [3.8, 4) is 0 Å². The van der Waals surface area contributed by atoms with Gasteiger partial charge in [-0.3, -0.25) is 0 Å². The van der Waals surface area contributed by atoms with Crippen LogP contribution >= 0.6 is 0 Å². The molecule has 13 heavy (non-hydrogen) atoms. The summed E-state index contributed by atoms with van der Waals surface area (Å²) in [7, 11) is 0. The highest BCUT2D eigenvalue weighted by atomic mass is 15.0. The van der Waals surface area contributed by atoms with Gasteiger partial charge in [-0.1, -0.05) is 26.7 Å². The van der Waals surface area contributed by atoms with Crippen LogP contribution in [-0.4, -0.2) is 12.6 Å². The maximum absolute atomic E-state index is 3.75. The largest absolute Gasteiger partial charge is 0.313 e. The van der Waals surface area contributed by atoms with E-state index in [4.69, 9.17) is 0 Å². The Bertz CT molecular complexity index is 168. The van der Waals surface area contributed by atoms with E-state index >= 15 is 0 Å². The topological polar surface area (TPSA) is 12.0 Å². The quantitative estimate of drug-likeness (QED) is 0.706. The van der Waals surface area contributed by atoms with Crippen LogP contribution in [0.4, 0.5) is 0 Å². The lowest BCUT2D eigenvalue weighted by Gasteiger charge is -2.48. The Labute approximate surface area is 82.3 Å². The summed E-state index contributed by atoms with van der Waals surface area (Å²) in [6.07, 6.45) is 8.92. The van der Waals surface area contributed by atoms with Crippen LogP contribution in [0.2, 0.25) is 0 Å². The van der Waals surface area contributed by atoms with Crippen LogP contribution in [0.25, 0.3) is 0 Å². The van der Waals surface area contributed by atoms with Crippen LogP contribution in [0.5, 0.6) is 0 Å². The van der Waals surface area contributed by atoms with Gasteiger partial charge in [0.1, 0.15) is 0 Å². The number of rotatable bonds is 3. The van der Waals surface area contributed by atoms with E-state index in [1.165, 1.54) is 45.1 Å². The normalized spacial score (nSPS) is 31.2. The summed E-state index contributed by atoms with van der Waals surface area (Å²) in [4.78, 5) is 0. The average Bonchev–Trinajstić information content (AvgIpc) is 2.51. The smallest absolute Gasteiger partial charge is 0.0124 e. The van der Waals surface area contributed by atoms with E-state index in [9.17, 15) is 0 Å². The first-order valence-corrected chi connectivity index (χ1v) is 5.96. The Kier molecular flexibility index (Phi) is 2.64. The Hall–Kier alpha value is -0.0400. The standard InChI is InChI=1S/C12H23N/c1-10(2)9-13-11-5-8-12(11)6-3-4-7-12/h10-11,13H,3-9H2,1-2H3. The number of hydrogen-bond donors (Lipinski definition) is 1. The molecule has 2 rings (SSSR count). The van der Waals surface area contributed by atoms with E-state index in [0.717, 1.165) is 17.4 Å². The molecule has 1 nitrogen and oxygen atoms in total. The van der Waals surface area contributed by atoms with Gasteiger partial charge in [-0.25, -0.2) is 0 Å². The zero-order valence-electron chi connectivity index (χ0n) is 9.10. The Morgan fingerprint density at radius 1 is 1.23 bits per heavy atom. The molecule has 1 N–H and O–H groups in total. The molecule has 0 aliphatic heterocycles. The maximum Gasteiger partial charge on any atom is 0.0124 e. The van der Waals surface area contributed by atoms with E-state index in [1.807, 2.05) is 0 Å². The number of nitrogens with one attached hydrogen (secondary N) is 1. The second-order valence-corrected chi connectivity index (χ2v) is 5.46. The Balaban J connectivity index is 1.80. The van der Waals surface area contributed by atoms with Crippen LogP contribution in [0.1, 0.15) is 52.4 Å². The molecule has 1 unspecified atom stereocenters. The van der Waals surface area contributed by atoms with Gasteiger partial charge in [0.25, 0.3) is 0 Å². The van der Waals surface area contributed by atoms with Crippen molar-refractivity contribution in [3.05, 3.63) is 0 Å². The zero-order valence-corrected chi connectivity index (χ0v) is 9.10. The van der Waals surface area contributed by atoms with Crippen molar-refractivity contribution >= 4 is 0 Å². The molecule has 0 radical (unpaired) electrons. The fraction of sp³-hybridized carbons (Fsp3) is 1.00. The fourth-order valence-electron chi connectivity index (χ4n) is 3.07. The van der Waals surface area contributed by atoms with E-state index < -0.39 is 0 Å². The molecule has 1 spiro atoms. The highest BCUT2D eigenvalue weighted by Gasteiger charge is 2.47. The minimum absolute atomic E-state index is 0.759. The van der Waals surface area contributed by atoms with Gasteiger partial charge in [0.15, 0.2) is 0 Å². The van der Waals surface area contributed by atoms with Crippen molar-refractivity contribution in [3.63, 3.8) is 0 Å². The summed E-state index contributed by atoms with van der Waals surface area (Å²) in [5, 5.41) is 3.75. The van der Waals surface area contributed by atoms with Crippen LogP contribution in [-0.2, 0) is 0 Å². The van der Waals surface area contributed by atoms with Crippen molar-refractivity contribution < 1.29 is 0 Å². The van der Waals surface area contributed by atoms with Crippen molar-refractivity contribution in [1.82, 2.24) is 5.32 Å². The summed E-state index contributed by atoms with van der Waals surface area (Å²) in [6, 6.07) is 0.873. The monoisotopic (exact) mass is 181 g/mol. The van der Waals surface area contributed by atoms with Gasteiger partial charge in [-0.05, 0) is 43.6 Å². The van der Waals surface area contributed by atoms with Crippen molar-refractivity contribution in [2.45, 2.75) is 58.4 Å². The molecule has 2 aliphatic rings. The zero-order chi connectivity index (χ0) is 9.31. The van der Waals surface area contributed by atoms with Gasteiger partial charge < -0.3 is 5.32 Å². The van der Waals surface area contributed by atoms with Crippen LogP contribution < -0.4 is 5.32 Å². The molecule has 2 aliphatic carbocycles. The van der Waals surface area contributed by atoms with Gasteiger partial charge in [0.2, 0.25) is 0 Å². The molecule has 0 aromatic rings. The van der Waals surface area contributed by atoms with E-state index in [1.54, 1.807) is 0 Å². The Morgan fingerprint density at radius 2 is 1.92 bits per heavy atom. The maximum atomic E-state index is 3.75. The first kappa shape index (κ1) is 9.51. The highest BCUT2D eigenvalue weighted by molar-refractivity contribution is 5.02. The molecule has 0 bridgehead atoms. The highest BCUT2D eigenvalue weighted by Crippen LogP contribution is 2.53. The lowest BCUT2D eigenvalue weighted by molar-refractivity contribution is 0.0708. The lowest BCUT2D eigenvalue weighted by atomic mass is 9.63. The summed E-state index contributed by atoms with van der Waals surface area (Å²) in [5.41, 5.74) is 0.759. The molecule has 2 saturated carbocycles. The fourth-order valence-corrected chi connectivity index (χ4v) is 3.07. The first-order valence-electron chi connectivity index (χ1n) is 5.96. The van der Waals surface area contributed by atoms with Gasteiger partial charge in [0.05, 0.1) is 0 Å². The minimum atomic E-state index is 0.759. The number of hydrogen-bond acceptors (Lipinski definition) is 1. The molecule has 0 aromatic carbocycles. The molecule has 1 atom stereocenters. The van der Waals surface area contributed by atoms with E-state index in [2.05, 4.69) is 19.2 Å². The third-order valence-electron chi connectivity index (χ3n) is 4.04. The molecule has 0 heterocycles. The van der Waals surface area contributed by atoms with Crippen molar-refractivity contribution in [2.24, 2.45) is 11.3 Å². The minimum Gasteiger partial charge on any atom is -0.313 e. The van der Waals surface area contributed by atoms with Gasteiger partial charge >= 0.3 is 0 Å². The lowest BCUT2D eigenvalue weighted by Crippen LogP contribution is -2.52. The average molecular weight is 181 g/mol. The molecule has 1 heteroatoms. The van der Waals surface area contributed by atoms with Gasteiger partial charge in [-0.2, -0.15) is 0 Å². The van der Waals surface area contributed by atoms with Crippen LogP contribution in [0.3, 0.4) is 0 Å². The molecular weight excluding hydrogens is 158 g/mol. The van der Waals surface area contributed by atoms with E-state index in [-0.39, 0.29) is 0 Å². The second-order valence-electron chi connectivity index (χ2n) is 5.46. The Morgan fingerprint density at radius 3 is 2.38 bits per heavy atom. The van der Waals surface area contributed by atoms with Crippen LogP contribution in [0.15, 0.2) is 0 Å². The van der Waals surface area contributed by atoms with Gasteiger partial charge in [0, 0.05) is 6.04 Å². The predicted octanol–water partition coefficient (Wildman–Crippen LogP) is 2.95. The second kappa shape index (κ2) is 3.61. The van der Waals surface area contributed by atoms with Crippen LogP contribution in [0, 0.1) is 11.3 Å². The SMILES string of the molecule is CC(C)CNC1CCC12CCCC2. The summed E-state index contributed by atoms with van der Waals surface area (Å²) in [6.45, 7) is 5.81. The summed E-state index contributed by atoms with van der Waals surface area (Å²) < 4.78 is 0. The van der Waals surface area contributed by atoms with Crippen molar-refractivity contribution in [1.29, 1.82) is 0 Å². The summed E-state index contributed by atoms with van der Waals surface area (Å²) >= 11 is 0. The summed E-state index contributed by atoms with van der Waals surface area (Å²) in [5.74, 6) is 0.805. The molecule has 0 aromatic heterocycles. The molecule has 76 valence electrons. The molecule has 0 amide bonds. The molecule has 0 saturated heterocycles. The predicted molar refractivity (Wildman–Crippen MR) is 56.8 cm³/mol. The third kappa shape index (κ3) is 1.76. The molecule has 2 fully saturated rings. The van der Waals surface area contributed by atoms with E-state index in [0.29, 0.717) is 0 Å². The first-order chi connectivity index (χ1) is 6.23.